The highest BCUT2D eigenvalue weighted by molar-refractivity contribution is 7.97. The van der Waals surface area contributed by atoms with Gasteiger partial charge in [0.1, 0.15) is 0 Å². The summed E-state index contributed by atoms with van der Waals surface area (Å²) in [6, 6.07) is 20.7. The van der Waals surface area contributed by atoms with E-state index in [0.29, 0.717) is 0 Å². The highest BCUT2D eigenvalue weighted by atomic mass is 32.2. The fraction of sp³-hybridized carbons (Fsp3) is 0.143. The summed E-state index contributed by atoms with van der Waals surface area (Å²) in [6.07, 6.45) is 0. The van der Waals surface area contributed by atoms with Gasteiger partial charge in [-0.1, -0.05) is 36.4 Å². The molecule has 0 aliphatic rings. The maximum Gasteiger partial charge on any atom is 0.0228 e. The minimum atomic E-state index is 0.930. The Kier molecular flexibility index (Phi) is 6.16. The molecular weight excluding hydrogens is 260 g/mol. The van der Waals surface area contributed by atoms with Crippen molar-refractivity contribution in [1.29, 1.82) is 0 Å². The molecule has 0 aliphatic carbocycles. The van der Waals surface area contributed by atoms with E-state index in [-0.39, 0.29) is 0 Å². The van der Waals surface area contributed by atoms with Crippen LogP contribution < -0.4 is 9.44 Å². The summed E-state index contributed by atoms with van der Waals surface area (Å²) in [6.45, 7) is 1.86. The topological polar surface area (TPSA) is 24.1 Å². The molecule has 0 saturated carbocycles. The van der Waals surface area contributed by atoms with Gasteiger partial charge in [-0.3, -0.25) is 9.44 Å². The predicted molar refractivity (Wildman–Crippen MR) is 80.6 cm³/mol. The second kappa shape index (κ2) is 8.21. The van der Waals surface area contributed by atoms with E-state index in [2.05, 4.69) is 33.7 Å². The van der Waals surface area contributed by atoms with E-state index in [0.717, 1.165) is 13.1 Å². The molecule has 2 aromatic rings. The molecule has 0 aliphatic heterocycles. The quantitative estimate of drug-likeness (QED) is 0.596. The number of benzene rings is 2. The number of nitrogens with one attached hydrogen (secondary N) is 2. The van der Waals surface area contributed by atoms with Crippen molar-refractivity contribution in [1.82, 2.24) is 9.44 Å². The van der Waals surface area contributed by atoms with E-state index in [4.69, 9.17) is 0 Å². The molecule has 0 spiro atoms. The Morgan fingerprint density at radius 2 is 1.00 bits per heavy atom. The third-order valence-electron chi connectivity index (χ3n) is 2.20. The summed E-state index contributed by atoms with van der Waals surface area (Å²) in [5.74, 6) is 0. The van der Waals surface area contributed by atoms with E-state index in [9.17, 15) is 0 Å². The third-order valence-corrected chi connectivity index (χ3v) is 3.91. The van der Waals surface area contributed by atoms with Gasteiger partial charge in [0.05, 0.1) is 0 Å². The second-order valence-corrected chi connectivity index (χ2v) is 5.55. The normalized spacial score (nSPS) is 10.4. The van der Waals surface area contributed by atoms with Crippen molar-refractivity contribution in [2.24, 2.45) is 0 Å². The maximum absolute atomic E-state index is 3.33. The Bertz CT molecular complexity index is 391. The van der Waals surface area contributed by atoms with Gasteiger partial charge >= 0.3 is 0 Å². The lowest BCUT2D eigenvalue weighted by Gasteiger charge is -2.05. The molecule has 0 radical (unpaired) electrons. The molecule has 0 aromatic heterocycles. The Morgan fingerprint density at radius 3 is 1.39 bits per heavy atom. The Morgan fingerprint density at radius 1 is 0.611 bits per heavy atom. The maximum atomic E-state index is 3.33. The van der Waals surface area contributed by atoms with Crippen molar-refractivity contribution in [3.05, 3.63) is 60.7 Å². The van der Waals surface area contributed by atoms with Crippen LogP contribution in [0.25, 0.3) is 0 Å². The largest absolute Gasteiger partial charge is 0.259 e. The van der Waals surface area contributed by atoms with Crippen LogP contribution in [0.5, 0.6) is 0 Å². The van der Waals surface area contributed by atoms with Crippen LogP contribution in [0.3, 0.4) is 0 Å². The molecular formula is C14H16N2S2. The van der Waals surface area contributed by atoms with E-state index in [1.54, 1.807) is 23.9 Å². The number of hydrogen-bond acceptors (Lipinski definition) is 4. The van der Waals surface area contributed by atoms with Gasteiger partial charge in [-0.05, 0) is 48.2 Å². The van der Waals surface area contributed by atoms with E-state index in [1.807, 2.05) is 36.4 Å². The summed E-state index contributed by atoms with van der Waals surface area (Å²) >= 11 is 3.33. The molecule has 0 fully saturated rings. The average Bonchev–Trinajstić information content (AvgIpc) is 2.45. The molecule has 4 heteroatoms. The van der Waals surface area contributed by atoms with Crippen LogP contribution >= 0.6 is 23.9 Å². The highest BCUT2D eigenvalue weighted by Gasteiger charge is 1.93. The van der Waals surface area contributed by atoms with Gasteiger partial charge in [-0.25, -0.2) is 0 Å². The fourth-order valence-electron chi connectivity index (χ4n) is 1.35. The number of hydrogen-bond donors (Lipinski definition) is 2. The Labute approximate surface area is 117 Å². The minimum absolute atomic E-state index is 0.930. The first-order valence-corrected chi connectivity index (χ1v) is 7.48. The van der Waals surface area contributed by atoms with Gasteiger partial charge < -0.3 is 0 Å². The lowest BCUT2D eigenvalue weighted by atomic mass is 10.4. The van der Waals surface area contributed by atoms with E-state index >= 15 is 0 Å². The van der Waals surface area contributed by atoms with Crippen LogP contribution in [0.15, 0.2) is 70.5 Å². The summed E-state index contributed by atoms with van der Waals surface area (Å²) < 4.78 is 6.66. The minimum Gasteiger partial charge on any atom is -0.259 e. The van der Waals surface area contributed by atoms with Crippen molar-refractivity contribution < 1.29 is 0 Å². The predicted octanol–water partition coefficient (Wildman–Crippen LogP) is 3.58. The van der Waals surface area contributed by atoms with Crippen molar-refractivity contribution in [2.45, 2.75) is 9.79 Å². The van der Waals surface area contributed by atoms with Crippen molar-refractivity contribution >= 4 is 23.9 Å². The molecule has 0 heterocycles. The lowest BCUT2D eigenvalue weighted by molar-refractivity contribution is 0.871. The van der Waals surface area contributed by atoms with Crippen LogP contribution in [-0.2, 0) is 0 Å². The molecule has 0 amide bonds. The SMILES string of the molecule is c1ccc(SNCCNSc2ccccc2)cc1. The third kappa shape index (κ3) is 5.14. The van der Waals surface area contributed by atoms with Gasteiger partial charge in [0.15, 0.2) is 0 Å². The molecule has 2 nitrogen and oxygen atoms in total. The zero-order valence-corrected chi connectivity index (χ0v) is 11.6. The zero-order valence-electron chi connectivity index (χ0n) is 10.0. The summed E-state index contributed by atoms with van der Waals surface area (Å²) in [7, 11) is 0. The Balaban J connectivity index is 1.54. The first-order valence-electron chi connectivity index (χ1n) is 5.84. The Hall–Kier alpha value is -0.940. The molecule has 2 N–H and O–H groups in total. The molecule has 0 atom stereocenters. The van der Waals surface area contributed by atoms with Gasteiger partial charge in [-0.15, -0.1) is 0 Å². The summed E-state index contributed by atoms with van der Waals surface area (Å²) in [4.78, 5) is 2.49. The smallest absolute Gasteiger partial charge is 0.0228 e. The standard InChI is InChI=1S/C14H16N2S2/c1-3-7-13(8-4-1)17-15-11-12-16-18-14-9-5-2-6-10-14/h1-10,15-16H,11-12H2. The lowest BCUT2D eigenvalue weighted by Crippen LogP contribution is -2.18. The fourth-order valence-corrected chi connectivity index (χ4v) is 2.68. The van der Waals surface area contributed by atoms with Crippen molar-refractivity contribution in [2.75, 3.05) is 13.1 Å². The average molecular weight is 276 g/mol. The summed E-state index contributed by atoms with van der Waals surface area (Å²) in [5, 5.41) is 0. The van der Waals surface area contributed by atoms with Crippen LogP contribution in [-0.4, -0.2) is 13.1 Å². The van der Waals surface area contributed by atoms with Gasteiger partial charge in [0.2, 0.25) is 0 Å². The second-order valence-electron chi connectivity index (χ2n) is 3.62. The zero-order chi connectivity index (χ0) is 12.5. The monoisotopic (exact) mass is 276 g/mol. The van der Waals surface area contributed by atoms with Gasteiger partial charge in [0.25, 0.3) is 0 Å². The van der Waals surface area contributed by atoms with Crippen LogP contribution in [0.1, 0.15) is 0 Å². The van der Waals surface area contributed by atoms with Crippen LogP contribution in [0, 0.1) is 0 Å². The first kappa shape index (κ1) is 13.5. The van der Waals surface area contributed by atoms with Crippen LogP contribution in [0.2, 0.25) is 0 Å². The first-order chi connectivity index (χ1) is 8.95. The molecule has 0 saturated heterocycles. The molecule has 0 bridgehead atoms. The van der Waals surface area contributed by atoms with E-state index in [1.165, 1.54) is 9.79 Å². The van der Waals surface area contributed by atoms with Crippen LogP contribution in [0.4, 0.5) is 0 Å². The molecule has 2 rings (SSSR count). The summed E-state index contributed by atoms with van der Waals surface area (Å²) in [5.41, 5.74) is 0. The molecule has 18 heavy (non-hydrogen) atoms. The highest BCUT2D eigenvalue weighted by Crippen LogP contribution is 2.13. The van der Waals surface area contributed by atoms with Gasteiger partial charge in [-0.2, -0.15) is 0 Å². The van der Waals surface area contributed by atoms with Crippen molar-refractivity contribution in [3.8, 4) is 0 Å². The van der Waals surface area contributed by atoms with Crippen molar-refractivity contribution in [3.63, 3.8) is 0 Å². The molecule has 94 valence electrons. The number of rotatable bonds is 7. The molecule has 0 unspecified atom stereocenters. The van der Waals surface area contributed by atoms with E-state index < -0.39 is 0 Å². The van der Waals surface area contributed by atoms with Gasteiger partial charge in [0, 0.05) is 22.9 Å². The molecule has 2 aromatic carbocycles.